The molecule has 2 rings (SSSR count). The predicted molar refractivity (Wildman–Crippen MR) is 61.2 cm³/mol. The summed E-state index contributed by atoms with van der Waals surface area (Å²) >= 11 is 0. The fourth-order valence-electron chi connectivity index (χ4n) is 1.60. The number of carboxylic acid groups (broad SMARTS) is 1. The van der Waals surface area contributed by atoms with Crippen molar-refractivity contribution in [3.8, 4) is 5.75 Å². The Labute approximate surface area is 98.0 Å². The zero-order chi connectivity index (χ0) is 12.6. The number of methoxy groups -OCH3 is 1. The number of hydrogen-bond donors (Lipinski definition) is 1. The predicted octanol–water partition coefficient (Wildman–Crippen LogP) is 2.20. The molecular formula is C12H13NO4. The normalized spacial score (nSPS) is 11.7. The van der Waals surface area contributed by atoms with Gasteiger partial charge >= 0.3 is 5.97 Å². The SMILES string of the molecule is COc1ccc2noc(C(C)(C)C(=O)O)c2c1. The minimum absolute atomic E-state index is 0.332. The number of ether oxygens (including phenoxy) is 1. The fraction of sp³-hybridized carbons (Fsp3) is 0.333. The van der Waals surface area contributed by atoms with E-state index in [4.69, 9.17) is 9.26 Å². The third-order valence-corrected chi connectivity index (χ3v) is 2.79. The monoisotopic (exact) mass is 235 g/mol. The minimum atomic E-state index is -1.12. The highest BCUT2D eigenvalue weighted by Gasteiger charge is 2.35. The van der Waals surface area contributed by atoms with Crippen LogP contribution in [0, 0.1) is 0 Å². The number of aliphatic carboxylic acids is 1. The van der Waals surface area contributed by atoms with Crippen molar-refractivity contribution in [3.63, 3.8) is 0 Å². The van der Waals surface area contributed by atoms with Crippen molar-refractivity contribution < 1.29 is 19.2 Å². The molecule has 1 aromatic heterocycles. The standard InChI is InChI=1S/C12H13NO4/c1-12(2,11(14)15)10-8-6-7(16-3)4-5-9(8)13-17-10/h4-6H,1-3H3,(H,14,15). The molecule has 2 aromatic rings. The van der Waals surface area contributed by atoms with E-state index in [9.17, 15) is 9.90 Å². The van der Waals surface area contributed by atoms with Crippen LogP contribution in [-0.2, 0) is 10.2 Å². The number of fused-ring (bicyclic) bond motifs is 1. The van der Waals surface area contributed by atoms with E-state index in [1.165, 1.54) is 0 Å². The lowest BCUT2D eigenvalue weighted by Gasteiger charge is -2.15. The molecular weight excluding hydrogens is 222 g/mol. The Balaban J connectivity index is 2.66. The van der Waals surface area contributed by atoms with Crippen LogP contribution in [-0.4, -0.2) is 23.3 Å². The van der Waals surface area contributed by atoms with E-state index in [0.717, 1.165) is 0 Å². The molecule has 0 unspecified atom stereocenters. The second-order valence-corrected chi connectivity index (χ2v) is 4.32. The van der Waals surface area contributed by atoms with Gasteiger partial charge in [0.05, 0.1) is 7.11 Å². The van der Waals surface area contributed by atoms with Crippen LogP contribution in [0.15, 0.2) is 22.7 Å². The van der Waals surface area contributed by atoms with Crippen molar-refractivity contribution in [3.05, 3.63) is 24.0 Å². The van der Waals surface area contributed by atoms with Crippen molar-refractivity contribution in [2.45, 2.75) is 19.3 Å². The number of rotatable bonds is 3. The number of aromatic nitrogens is 1. The maximum Gasteiger partial charge on any atom is 0.316 e. The molecule has 5 nitrogen and oxygen atoms in total. The topological polar surface area (TPSA) is 72.6 Å². The average Bonchev–Trinajstić information content (AvgIpc) is 2.71. The number of nitrogens with zero attached hydrogens (tertiary/aromatic N) is 1. The largest absolute Gasteiger partial charge is 0.497 e. The molecule has 5 heteroatoms. The number of carboxylic acids is 1. The summed E-state index contributed by atoms with van der Waals surface area (Å²) in [6.45, 7) is 3.16. The van der Waals surface area contributed by atoms with Crippen LogP contribution >= 0.6 is 0 Å². The van der Waals surface area contributed by atoms with Crippen LogP contribution in [0.25, 0.3) is 10.9 Å². The van der Waals surface area contributed by atoms with Crippen molar-refractivity contribution in [1.29, 1.82) is 0 Å². The zero-order valence-electron chi connectivity index (χ0n) is 9.85. The van der Waals surface area contributed by atoms with Crippen molar-refractivity contribution in [2.75, 3.05) is 7.11 Å². The lowest BCUT2D eigenvalue weighted by Crippen LogP contribution is -2.28. The zero-order valence-corrected chi connectivity index (χ0v) is 9.85. The third kappa shape index (κ3) is 1.73. The van der Waals surface area contributed by atoms with Crippen LogP contribution in [0.1, 0.15) is 19.6 Å². The Hall–Kier alpha value is -2.04. The lowest BCUT2D eigenvalue weighted by atomic mass is 9.88. The van der Waals surface area contributed by atoms with E-state index in [1.54, 1.807) is 39.2 Å². The van der Waals surface area contributed by atoms with Crippen LogP contribution in [0.2, 0.25) is 0 Å². The van der Waals surface area contributed by atoms with Gasteiger partial charge in [0.2, 0.25) is 0 Å². The molecule has 1 N–H and O–H groups in total. The summed E-state index contributed by atoms with van der Waals surface area (Å²) in [5.41, 5.74) is -0.503. The molecule has 90 valence electrons. The molecule has 0 aliphatic carbocycles. The lowest BCUT2D eigenvalue weighted by molar-refractivity contribution is -0.143. The van der Waals surface area contributed by atoms with Gasteiger partial charge in [0.25, 0.3) is 0 Å². The van der Waals surface area contributed by atoms with Gasteiger partial charge < -0.3 is 14.4 Å². The van der Waals surface area contributed by atoms with E-state index in [1.807, 2.05) is 0 Å². The summed E-state index contributed by atoms with van der Waals surface area (Å²) in [5, 5.41) is 13.7. The Morgan fingerprint density at radius 3 is 2.76 bits per heavy atom. The summed E-state index contributed by atoms with van der Waals surface area (Å²) in [5.74, 6) is 0.0143. The molecule has 17 heavy (non-hydrogen) atoms. The molecule has 0 bridgehead atoms. The quantitative estimate of drug-likeness (QED) is 0.882. The second kappa shape index (κ2) is 3.76. The average molecular weight is 235 g/mol. The first-order valence-electron chi connectivity index (χ1n) is 5.14. The number of hydrogen-bond acceptors (Lipinski definition) is 4. The maximum absolute atomic E-state index is 11.2. The van der Waals surface area contributed by atoms with Crippen LogP contribution in [0.4, 0.5) is 0 Å². The molecule has 0 saturated carbocycles. The van der Waals surface area contributed by atoms with E-state index in [2.05, 4.69) is 5.16 Å². The molecule has 0 saturated heterocycles. The van der Waals surface area contributed by atoms with Gasteiger partial charge in [0.15, 0.2) is 5.76 Å². The summed E-state index contributed by atoms with van der Waals surface area (Å²) in [6.07, 6.45) is 0. The van der Waals surface area contributed by atoms with E-state index < -0.39 is 11.4 Å². The minimum Gasteiger partial charge on any atom is -0.497 e. The van der Waals surface area contributed by atoms with Gasteiger partial charge in [-0.25, -0.2) is 0 Å². The van der Waals surface area contributed by atoms with Gasteiger partial charge in [-0.05, 0) is 32.0 Å². The van der Waals surface area contributed by atoms with E-state index >= 15 is 0 Å². The Morgan fingerprint density at radius 1 is 1.47 bits per heavy atom. The Bertz CT molecular complexity index is 571. The summed E-state index contributed by atoms with van der Waals surface area (Å²) < 4.78 is 10.3. The molecule has 0 spiro atoms. The molecule has 0 atom stereocenters. The fourth-order valence-corrected chi connectivity index (χ4v) is 1.60. The maximum atomic E-state index is 11.2. The smallest absolute Gasteiger partial charge is 0.316 e. The van der Waals surface area contributed by atoms with Crippen molar-refractivity contribution in [1.82, 2.24) is 5.16 Å². The van der Waals surface area contributed by atoms with Gasteiger partial charge in [-0.15, -0.1) is 0 Å². The summed E-state index contributed by atoms with van der Waals surface area (Å²) in [6, 6.07) is 5.22. The molecule has 1 aromatic carbocycles. The first-order chi connectivity index (χ1) is 7.96. The summed E-state index contributed by atoms with van der Waals surface area (Å²) in [4.78, 5) is 11.2. The molecule has 1 heterocycles. The van der Waals surface area contributed by atoms with Crippen molar-refractivity contribution >= 4 is 16.9 Å². The first-order valence-corrected chi connectivity index (χ1v) is 5.14. The van der Waals surface area contributed by atoms with Gasteiger partial charge in [-0.2, -0.15) is 0 Å². The second-order valence-electron chi connectivity index (χ2n) is 4.32. The summed E-state index contributed by atoms with van der Waals surface area (Å²) in [7, 11) is 1.55. The first kappa shape index (κ1) is 11.4. The van der Waals surface area contributed by atoms with Gasteiger partial charge in [0.1, 0.15) is 16.7 Å². The van der Waals surface area contributed by atoms with Crippen LogP contribution in [0.3, 0.4) is 0 Å². The van der Waals surface area contributed by atoms with Crippen LogP contribution < -0.4 is 4.74 Å². The van der Waals surface area contributed by atoms with Gasteiger partial charge in [-0.3, -0.25) is 4.79 Å². The van der Waals surface area contributed by atoms with Gasteiger partial charge in [-0.1, -0.05) is 5.16 Å². The molecule has 0 aliphatic heterocycles. The molecule has 0 aliphatic rings. The van der Waals surface area contributed by atoms with Crippen LogP contribution in [0.5, 0.6) is 5.75 Å². The van der Waals surface area contributed by atoms with E-state index in [-0.39, 0.29) is 0 Å². The van der Waals surface area contributed by atoms with Crippen molar-refractivity contribution in [2.24, 2.45) is 0 Å². The number of carbonyl (C=O) groups is 1. The van der Waals surface area contributed by atoms with Gasteiger partial charge in [0, 0.05) is 5.39 Å². The highest BCUT2D eigenvalue weighted by molar-refractivity contribution is 5.89. The molecule has 0 fully saturated rings. The Kier molecular flexibility index (Phi) is 2.53. The number of benzene rings is 1. The highest BCUT2D eigenvalue weighted by atomic mass is 16.5. The Morgan fingerprint density at radius 2 is 2.18 bits per heavy atom. The molecule has 0 amide bonds. The third-order valence-electron chi connectivity index (χ3n) is 2.79. The molecule has 0 radical (unpaired) electrons. The highest BCUT2D eigenvalue weighted by Crippen LogP contribution is 2.32. The van der Waals surface area contributed by atoms with E-state index in [0.29, 0.717) is 22.4 Å².